The van der Waals surface area contributed by atoms with E-state index in [0.717, 1.165) is 0 Å². The second-order valence-corrected chi connectivity index (χ2v) is 11.5. The molecule has 3 aliphatic rings. The van der Waals surface area contributed by atoms with Crippen molar-refractivity contribution in [2.45, 2.75) is 35.6 Å². The number of rotatable bonds is 2. The van der Waals surface area contributed by atoms with Crippen LogP contribution in [0.1, 0.15) is 36.3 Å². The molecular formula is C24H23Ti. The number of allylic oxidation sites excluding steroid dienone is 6. The van der Waals surface area contributed by atoms with Gasteiger partial charge in [-0.05, 0) is 0 Å². The Kier molecular flexibility index (Phi) is 3.73. The maximum atomic E-state index is 2.52. The first kappa shape index (κ1) is 15.6. The molecule has 1 heteroatoms. The molecule has 3 aliphatic carbocycles. The molecule has 0 atom stereocenters. The van der Waals surface area contributed by atoms with Crippen LogP contribution in [0.25, 0.3) is 11.1 Å². The average Bonchev–Trinajstić information content (AvgIpc) is 3.12. The van der Waals surface area contributed by atoms with Gasteiger partial charge in [0.15, 0.2) is 0 Å². The van der Waals surface area contributed by atoms with Crippen molar-refractivity contribution in [2.24, 2.45) is 0 Å². The van der Waals surface area contributed by atoms with Gasteiger partial charge in [-0.25, -0.2) is 0 Å². The maximum absolute atomic E-state index is 2.52. The van der Waals surface area contributed by atoms with Gasteiger partial charge < -0.3 is 0 Å². The number of hydrogen-bond acceptors (Lipinski definition) is 0. The van der Waals surface area contributed by atoms with Crippen LogP contribution >= 0.6 is 0 Å². The van der Waals surface area contributed by atoms with E-state index in [-0.39, 0.29) is 0 Å². The van der Waals surface area contributed by atoms with Gasteiger partial charge in [-0.15, -0.1) is 0 Å². The molecule has 0 aromatic heterocycles. The van der Waals surface area contributed by atoms with Crippen molar-refractivity contribution < 1.29 is 17.9 Å². The summed E-state index contributed by atoms with van der Waals surface area (Å²) in [5.74, 6) is 0.430. The second-order valence-electron chi connectivity index (χ2n) is 7.64. The van der Waals surface area contributed by atoms with Crippen molar-refractivity contribution >= 4 is 0 Å². The molecule has 2 aromatic carbocycles. The zero-order valence-electron chi connectivity index (χ0n) is 15.0. The molecule has 123 valence electrons. The molecular weight excluding hydrogens is 336 g/mol. The zero-order valence-corrected chi connectivity index (χ0v) is 16.5. The minimum absolute atomic E-state index is 0.430. The summed E-state index contributed by atoms with van der Waals surface area (Å²) in [5.41, 5.74) is 10.8. The van der Waals surface area contributed by atoms with E-state index in [1.54, 1.807) is 20.6 Å². The molecule has 2 aromatic rings. The van der Waals surface area contributed by atoms with Crippen LogP contribution in [-0.4, -0.2) is 0 Å². The van der Waals surface area contributed by atoms with Crippen molar-refractivity contribution in [3.8, 4) is 11.1 Å². The molecule has 0 aliphatic heterocycles. The van der Waals surface area contributed by atoms with Gasteiger partial charge in [-0.1, -0.05) is 0 Å². The Morgan fingerprint density at radius 3 is 1.92 bits per heavy atom. The van der Waals surface area contributed by atoms with Crippen molar-refractivity contribution in [1.82, 2.24) is 0 Å². The van der Waals surface area contributed by atoms with Crippen LogP contribution in [0.15, 0.2) is 81.3 Å². The first-order chi connectivity index (χ1) is 12.3. The van der Waals surface area contributed by atoms with Crippen molar-refractivity contribution in [3.05, 3.63) is 92.4 Å². The van der Waals surface area contributed by atoms with E-state index >= 15 is 0 Å². The third-order valence-corrected chi connectivity index (χ3v) is 8.40. The third-order valence-electron chi connectivity index (χ3n) is 5.97. The number of hydrogen-bond donors (Lipinski definition) is 0. The topological polar surface area (TPSA) is 0 Å². The normalized spacial score (nSPS) is 18.5. The average molecular weight is 359 g/mol. The van der Waals surface area contributed by atoms with E-state index in [4.69, 9.17) is 0 Å². The van der Waals surface area contributed by atoms with E-state index in [2.05, 4.69) is 71.1 Å². The molecule has 0 N–H and O–H groups in total. The monoisotopic (exact) mass is 359 g/mol. The molecule has 25 heavy (non-hydrogen) atoms. The van der Waals surface area contributed by atoms with Gasteiger partial charge >= 0.3 is 157 Å². The molecule has 0 saturated heterocycles. The Morgan fingerprint density at radius 1 is 0.800 bits per heavy atom. The van der Waals surface area contributed by atoms with Crippen LogP contribution in [0.5, 0.6) is 0 Å². The van der Waals surface area contributed by atoms with Crippen LogP contribution in [0.2, 0.25) is 10.5 Å². The van der Waals surface area contributed by atoms with Crippen LogP contribution in [0.4, 0.5) is 0 Å². The molecule has 0 heterocycles. The SMILES string of the molecule is [CH3][Ti]([CH3])[C]1=C(C2c3ccccc3-c3ccccc32)C=CC1=C1CCC1. The van der Waals surface area contributed by atoms with Gasteiger partial charge in [0.1, 0.15) is 0 Å². The first-order valence-electron chi connectivity index (χ1n) is 9.39. The predicted octanol–water partition coefficient (Wildman–Crippen LogP) is 6.82. The summed E-state index contributed by atoms with van der Waals surface area (Å²) in [5, 5.41) is 5.04. The minimum atomic E-state index is -1.19. The van der Waals surface area contributed by atoms with Gasteiger partial charge in [0.25, 0.3) is 0 Å². The molecule has 0 spiro atoms. The Morgan fingerprint density at radius 2 is 1.40 bits per heavy atom. The Bertz CT molecular complexity index is 904. The van der Waals surface area contributed by atoms with Gasteiger partial charge in [0, 0.05) is 0 Å². The molecule has 0 amide bonds. The summed E-state index contributed by atoms with van der Waals surface area (Å²) in [6, 6.07) is 18.1. The van der Waals surface area contributed by atoms with Crippen LogP contribution in [0, 0.1) is 0 Å². The fraction of sp³-hybridized carbons (Fsp3) is 0.250. The van der Waals surface area contributed by atoms with E-state index in [1.807, 2.05) is 0 Å². The fourth-order valence-corrected chi connectivity index (χ4v) is 7.21. The molecule has 1 saturated carbocycles. The summed E-state index contributed by atoms with van der Waals surface area (Å²) >= 11 is -1.19. The molecule has 1 fully saturated rings. The van der Waals surface area contributed by atoms with Gasteiger partial charge in [0.05, 0.1) is 0 Å². The van der Waals surface area contributed by atoms with Gasteiger partial charge in [0.2, 0.25) is 0 Å². The van der Waals surface area contributed by atoms with Gasteiger partial charge in [-0.2, -0.15) is 0 Å². The summed E-state index contributed by atoms with van der Waals surface area (Å²) in [4.78, 5) is 0. The van der Waals surface area contributed by atoms with Gasteiger partial charge in [-0.3, -0.25) is 0 Å². The van der Waals surface area contributed by atoms with Crippen molar-refractivity contribution in [3.63, 3.8) is 0 Å². The third kappa shape index (κ3) is 2.31. The predicted molar refractivity (Wildman–Crippen MR) is 102 cm³/mol. The summed E-state index contributed by atoms with van der Waals surface area (Å²) in [6.45, 7) is 0. The van der Waals surface area contributed by atoms with E-state index in [1.165, 1.54) is 41.5 Å². The standard InChI is InChI=1S/C22H17.2CH3.Ti/c1-3-10-20-18(8-1)19-9-2-4-11-21(19)22(20)17-13-12-16(14-17)15-6-5-7-15;;;/h1-4,8-13,22H,5-7H2;2*1H3;. The van der Waals surface area contributed by atoms with E-state index in [9.17, 15) is 0 Å². The molecule has 0 unspecified atom stereocenters. The quantitative estimate of drug-likeness (QED) is 0.516. The zero-order chi connectivity index (χ0) is 17.0. The summed E-state index contributed by atoms with van der Waals surface area (Å²) < 4.78 is 1.76. The molecule has 0 nitrogen and oxygen atoms in total. The van der Waals surface area contributed by atoms with Crippen LogP contribution in [-0.2, 0) is 17.9 Å². The molecule has 5 rings (SSSR count). The number of benzene rings is 2. The van der Waals surface area contributed by atoms with E-state index in [0.29, 0.717) is 5.92 Å². The Labute approximate surface area is 156 Å². The van der Waals surface area contributed by atoms with Crippen LogP contribution in [0.3, 0.4) is 0 Å². The second kappa shape index (κ2) is 5.97. The van der Waals surface area contributed by atoms with Crippen molar-refractivity contribution in [2.75, 3.05) is 0 Å². The van der Waals surface area contributed by atoms with E-state index < -0.39 is 17.9 Å². The van der Waals surface area contributed by atoms with Crippen LogP contribution < -0.4 is 0 Å². The fourth-order valence-electron chi connectivity index (χ4n) is 4.70. The molecule has 0 radical (unpaired) electrons. The molecule has 0 bridgehead atoms. The Hall–Kier alpha value is -1.63. The first-order valence-corrected chi connectivity index (χ1v) is 13.3. The Balaban J connectivity index is 1.75. The number of fused-ring (bicyclic) bond motifs is 3. The summed E-state index contributed by atoms with van der Waals surface area (Å²) in [7, 11) is 0. The van der Waals surface area contributed by atoms with Crippen molar-refractivity contribution in [1.29, 1.82) is 0 Å². The summed E-state index contributed by atoms with van der Waals surface area (Å²) in [6.07, 6.45) is 8.93.